The molecule has 0 N–H and O–H groups in total. The van der Waals surface area contributed by atoms with Crippen LogP contribution >= 0.6 is 11.6 Å². The Hall–Kier alpha value is -1.41. The zero-order valence-electron chi connectivity index (χ0n) is 7.60. The highest BCUT2D eigenvalue weighted by Gasteiger charge is 2.05. The van der Waals surface area contributed by atoms with Crippen molar-refractivity contribution in [3.8, 4) is 11.1 Å². The minimum atomic E-state index is -0.617. The highest BCUT2D eigenvalue weighted by Crippen LogP contribution is 2.28. The molecule has 75 valence electrons. The lowest BCUT2D eigenvalue weighted by atomic mass is 10.1. The van der Waals surface area contributed by atoms with Crippen LogP contribution in [0.2, 0.25) is 5.02 Å². The van der Waals surface area contributed by atoms with Crippen molar-refractivity contribution in [1.82, 2.24) is 0 Å². The Bertz CT molecular complexity index is 474. The number of benzene rings is 2. The Morgan fingerprint density at radius 2 is 1.73 bits per heavy atom. The summed E-state index contributed by atoms with van der Waals surface area (Å²) in [5, 5.41) is 0.419. The predicted octanol–water partition coefficient (Wildman–Crippen LogP) is 4.09. The second-order valence-corrected chi connectivity index (χ2v) is 3.47. The monoisotopic (exact) mass is 223 g/mol. The summed E-state index contributed by atoms with van der Waals surface area (Å²) < 4.78 is 25.9. The van der Waals surface area contributed by atoms with Crippen LogP contribution in [0.3, 0.4) is 0 Å². The Morgan fingerprint density at radius 1 is 1.07 bits per heavy atom. The van der Waals surface area contributed by atoms with Gasteiger partial charge in [0.2, 0.25) is 0 Å². The molecular weight excluding hydrogens is 218 g/mol. The fourth-order valence-electron chi connectivity index (χ4n) is 1.35. The van der Waals surface area contributed by atoms with Gasteiger partial charge >= 0.3 is 0 Å². The lowest BCUT2D eigenvalue weighted by Gasteiger charge is -2.04. The van der Waals surface area contributed by atoms with Gasteiger partial charge in [0.25, 0.3) is 0 Å². The predicted molar refractivity (Wildman–Crippen MR) is 55.6 cm³/mol. The molecule has 0 amide bonds. The molecule has 0 atom stereocenters. The van der Waals surface area contributed by atoms with E-state index in [4.69, 9.17) is 11.6 Å². The third kappa shape index (κ3) is 2.16. The number of halogens is 3. The quantitative estimate of drug-likeness (QED) is 0.683. The van der Waals surface area contributed by atoms with E-state index in [1.807, 2.05) is 0 Å². The van der Waals surface area contributed by atoms with E-state index in [0.717, 1.165) is 6.07 Å². The molecule has 0 unspecified atom stereocenters. The van der Waals surface area contributed by atoms with Gasteiger partial charge in [0.15, 0.2) is 0 Å². The summed E-state index contributed by atoms with van der Waals surface area (Å²) in [6.45, 7) is 0. The third-order valence-corrected chi connectivity index (χ3v) is 2.30. The second kappa shape index (κ2) is 3.99. The molecule has 15 heavy (non-hydrogen) atoms. The summed E-state index contributed by atoms with van der Waals surface area (Å²) in [5.74, 6) is -1.23. The normalized spacial score (nSPS) is 10.3. The molecule has 0 aliphatic carbocycles. The van der Waals surface area contributed by atoms with Crippen molar-refractivity contribution in [2.75, 3.05) is 0 Å². The molecule has 0 aliphatic rings. The van der Waals surface area contributed by atoms with Gasteiger partial charge in [-0.2, -0.15) is 0 Å². The highest BCUT2D eigenvalue weighted by molar-refractivity contribution is 6.33. The van der Waals surface area contributed by atoms with Crippen molar-refractivity contribution in [1.29, 1.82) is 0 Å². The van der Waals surface area contributed by atoms with Crippen molar-refractivity contribution < 1.29 is 8.78 Å². The van der Waals surface area contributed by atoms with Gasteiger partial charge in [0.1, 0.15) is 11.6 Å². The summed E-state index contributed by atoms with van der Waals surface area (Å²) in [7, 11) is 0. The molecule has 0 spiro atoms. The SMILES string of the molecule is Fc1cc(F)cc(-c2cc[c]cc2Cl)c1. The molecular formula is C12H6ClF2. The van der Waals surface area contributed by atoms with Gasteiger partial charge in [-0.1, -0.05) is 23.7 Å². The van der Waals surface area contributed by atoms with E-state index in [0.29, 0.717) is 16.1 Å². The van der Waals surface area contributed by atoms with Crippen molar-refractivity contribution in [3.05, 3.63) is 59.1 Å². The summed E-state index contributed by atoms with van der Waals surface area (Å²) in [4.78, 5) is 0. The van der Waals surface area contributed by atoms with E-state index >= 15 is 0 Å². The first kappa shape index (κ1) is 10.1. The lowest BCUT2D eigenvalue weighted by Crippen LogP contribution is -1.84. The molecule has 3 heteroatoms. The van der Waals surface area contributed by atoms with Crippen molar-refractivity contribution in [3.63, 3.8) is 0 Å². The Morgan fingerprint density at radius 3 is 2.33 bits per heavy atom. The maximum atomic E-state index is 13.0. The lowest BCUT2D eigenvalue weighted by molar-refractivity contribution is 0.584. The largest absolute Gasteiger partial charge is 0.207 e. The fourth-order valence-corrected chi connectivity index (χ4v) is 1.59. The van der Waals surface area contributed by atoms with Gasteiger partial charge in [-0.15, -0.1) is 0 Å². The van der Waals surface area contributed by atoms with Crippen LogP contribution in [0.15, 0.2) is 36.4 Å². The molecule has 0 aromatic heterocycles. The molecule has 0 bridgehead atoms. The van der Waals surface area contributed by atoms with E-state index in [1.54, 1.807) is 18.2 Å². The van der Waals surface area contributed by atoms with Crippen LogP contribution in [0, 0.1) is 17.7 Å². The molecule has 2 aromatic carbocycles. The summed E-state index contributed by atoms with van der Waals surface area (Å²) in [5.41, 5.74) is 1.01. The van der Waals surface area contributed by atoms with Gasteiger partial charge in [-0.05, 0) is 29.8 Å². The van der Waals surface area contributed by atoms with Gasteiger partial charge in [0.05, 0.1) is 0 Å². The Labute approximate surface area is 91.1 Å². The van der Waals surface area contributed by atoms with Crippen molar-refractivity contribution in [2.45, 2.75) is 0 Å². The Balaban J connectivity index is 2.59. The summed E-state index contributed by atoms with van der Waals surface area (Å²) >= 11 is 5.89. The first-order valence-electron chi connectivity index (χ1n) is 4.29. The van der Waals surface area contributed by atoms with Crippen LogP contribution in [-0.2, 0) is 0 Å². The zero-order valence-corrected chi connectivity index (χ0v) is 8.35. The smallest absolute Gasteiger partial charge is 0.126 e. The van der Waals surface area contributed by atoms with Crippen molar-refractivity contribution in [2.24, 2.45) is 0 Å². The van der Waals surface area contributed by atoms with E-state index in [2.05, 4.69) is 6.07 Å². The molecule has 0 heterocycles. The molecule has 0 aliphatic heterocycles. The molecule has 2 rings (SSSR count). The highest BCUT2D eigenvalue weighted by atomic mass is 35.5. The molecule has 1 radical (unpaired) electrons. The van der Waals surface area contributed by atoms with Crippen LogP contribution in [0.5, 0.6) is 0 Å². The van der Waals surface area contributed by atoms with Crippen molar-refractivity contribution >= 4 is 11.6 Å². The maximum absolute atomic E-state index is 13.0. The first-order valence-corrected chi connectivity index (χ1v) is 4.66. The topological polar surface area (TPSA) is 0 Å². The summed E-state index contributed by atoms with van der Waals surface area (Å²) in [6, 6.07) is 10.9. The molecule has 0 saturated carbocycles. The van der Waals surface area contributed by atoms with Gasteiger partial charge in [0, 0.05) is 16.7 Å². The van der Waals surface area contributed by atoms with Gasteiger partial charge in [-0.3, -0.25) is 0 Å². The standard InChI is InChI=1S/C12H6ClF2/c13-12-4-2-1-3-11(12)8-5-9(14)7-10(15)6-8/h1,3-7H. The summed E-state index contributed by atoms with van der Waals surface area (Å²) in [6.07, 6.45) is 0. The minimum absolute atomic E-state index is 0.419. The average Bonchev–Trinajstić information content (AvgIpc) is 2.16. The number of rotatable bonds is 1. The maximum Gasteiger partial charge on any atom is 0.126 e. The van der Waals surface area contributed by atoms with Gasteiger partial charge in [-0.25, -0.2) is 8.78 Å². The van der Waals surface area contributed by atoms with E-state index < -0.39 is 11.6 Å². The van der Waals surface area contributed by atoms with Crippen LogP contribution in [-0.4, -0.2) is 0 Å². The van der Waals surface area contributed by atoms with Crippen LogP contribution in [0.4, 0.5) is 8.78 Å². The fraction of sp³-hybridized carbons (Fsp3) is 0. The molecule has 0 saturated heterocycles. The molecule has 0 nitrogen and oxygen atoms in total. The van der Waals surface area contributed by atoms with Crippen LogP contribution < -0.4 is 0 Å². The second-order valence-electron chi connectivity index (χ2n) is 3.06. The van der Waals surface area contributed by atoms with E-state index in [9.17, 15) is 8.78 Å². The van der Waals surface area contributed by atoms with Crippen LogP contribution in [0.25, 0.3) is 11.1 Å². The third-order valence-electron chi connectivity index (χ3n) is 1.99. The van der Waals surface area contributed by atoms with E-state index in [1.165, 1.54) is 12.1 Å². The van der Waals surface area contributed by atoms with Gasteiger partial charge < -0.3 is 0 Å². The van der Waals surface area contributed by atoms with Crippen LogP contribution in [0.1, 0.15) is 0 Å². The number of hydrogen-bond donors (Lipinski definition) is 0. The first-order chi connectivity index (χ1) is 7.16. The molecule has 0 fully saturated rings. The van der Waals surface area contributed by atoms with E-state index in [-0.39, 0.29) is 0 Å². The zero-order chi connectivity index (χ0) is 10.8. The number of hydrogen-bond acceptors (Lipinski definition) is 0. The average molecular weight is 224 g/mol. The minimum Gasteiger partial charge on any atom is -0.207 e. The Kier molecular flexibility index (Phi) is 2.69. The molecule has 2 aromatic rings.